The Kier molecular flexibility index (Phi) is 5.92. The van der Waals surface area contributed by atoms with Crippen LogP contribution in [0, 0.1) is 5.82 Å². The van der Waals surface area contributed by atoms with Gasteiger partial charge in [0.25, 0.3) is 5.91 Å². The molecule has 0 spiro atoms. The van der Waals surface area contributed by atoms with Gasteiger partial charge in [-0.15, -0.1) is 0 Å². The van der Waals surface area contributed by atoms with Crippen LogP contribution in [-0.2, 0) is 6.54 Å². The maximum absolute atomic E-state index is 13.5. The molecule has 2 aromatic heterocycles. The number of thiazole rings is 1. The first-order valence-corrected chi connectivity index (χ1v) is 10.4. The summed E-state index contributed by atoms with van der Waals surface area (Å²) in [7, 11) is 0. The number of carbonyl (C=O) groups is 1. The molecule has 8 heteroatoms. The number of pyridine rings is 1. The highest BCUT2D eigenvalue weighted by Crippen LogP contribution is 2.33. The lowest BCUT2D eigenvalue weighted by atomic mass is 10.2. The number of halogens is 2. The standard InChI is InChI=1S/C22H17ClFN3O2S/c1-2-29-16-7-9-19-20(12-16)30-22(26-19)27(13-15-5-3-4-10-25-15)21(28)17-8-6-14(24)11-18(17)23/h3-12H,2,13H2,1H3. The number of hydrogen-bond donors (Lipinski definition) is 0. The summed E-state index contributed by atoms with van der Waals surface area (Å²) >= 11 is 7.52. The molecule has 0 bridgehead atoms. The maximum atomic E-state index is 13.5. The van der Waals surface area contributed by atoms with Gasteiger partial charge in [-0.25, -0.2) is 9.37 Å². The van der Waals surface area contributed by atoms with E-state index in [1.807, 2.05) is 37.3 Å². The van der Waals surface area contributed by atoms with Gasteiger partial charge < -0.3 is 4.74 Å². The lowest BCUT2D eigenvalue weighted by molar-refractivity contribution is 0.0985. The average molecular weight is 442 g/mol. The SMILES string of the molecule is CCOc1ccc2nc(N(Cc3ccccn3)C(=O)c3ccc(F)cc3Cl)sc2c1. The molecule has 4 aromatic rings. The molecule has 0 N–H and O–H groups in total. The van der Waals surface area contributed by atoms with Crippen molar-refractivity contribution in [3.63, 3.8) is 0 Å². The summed E-state index contributed by atoms with van der Waals surface area (Å²) in [4.78, 5) is 23.8. The Morgan fingerprint density at radius 3 is 2.80 bits per heavy atom. The van der Waals surface area contributed by atoms with Crippen molar-refractivity contribution < 1.29 is 13.9 Å². The van der Waals surface area contributed by atoms with Crippen LogP contribution >= 0.6 is 22.9 Å². The number of amides is 1. The highest BCUT2D eigenvalue weighted by molar-refractivity contribution is 7.22. The van der Waals surface area contributed by atoms with E-state index >= 15 is 0 Å². The van der Waals surface area contributed by atoms with Crippen LogP contribution in [0.1, 0.15) is 23.0 Å². The monoisotopic (exact) mass is 441 g/mol. The van der Waals surface area contributed by atoms with Gasteiger partial charge in [-0.1, -0.05) is 29.0 Å². The number of fused-ring (bicyclic) bond motifs is 1. The van der Waals surface area contributed by atoms with Gasteiger partial charge in [0.1, 0.15) is 11.6 Å². The molecule has 0 saturated heterocycles. The fourth-order valence-electron chi connectivity index (χ4n) is 2.95. The average Bonchev–Trinajstić information content (AvgIpc) is 3.15. The van der Waals surface area contributed by atoms with E-state index in [9.17, 15) is 9.18 Å². The Morgan fingerprint density at radius 2 is 2.07 bits per heavy atom. The van der Waals surface area contributed by atoms with Crippen LogP contribution in [0.25, 0.3) is 10.2 Å². The van der Waals surface area contributed by atoms with Crippen LogP contribution in [-0.4, -0.2) is 22.5 Å². The summed E-state index contributed by atoms with van der Waals surface area (Å²) in [6.45, 7) is 2.68. The second-order valence-electron chi connectivity index (χ2n) is 6.40. The smallest absolute Gasteiger partial charge is 0.261 e. The quantitative estimate of drug-likeness (QED) is 0.383. The summed E-state index contributed by atoms with van der Waals surface area (Å²) in [5, 5.41) is 0.542. The molecule has 30 heavy (non-hydrogen) atoms. The molecule has 0 radical (unpaired) electrons. The molecule has 152 valence electrons. The number of nitrogens with zero attached hydrogens (tertiary/aromatic N) is 3. The number of carbonyl (C=O) groups excluding carboxylic acids is 1. The molecule has 2 aromatic carbocycles. The molecule has 5 nitrogen and oxygen atoms in total. The van der Waals surface area contributed by atoms with Crippen LogP contribution in [0.2, 0.25) is 5.02 Å². The zero-order valence-corrected chi connectivity index (χ0v) is 17.6. The molecule has 0 atom stereocenters. The van der Waals surface area contributed by atoms with Crippen molar-refractivity contribution in [3.05, 3.63) is 82.9 Å². The van der Waals surface area contributed by atoms with Crippen LogP contribution < -0.4 is 9.64 Å². The van der Waals surface area contributed by atoms with Crippen LogP contribution in [0.3, 0.4) is 0 Å². The van der Waals surface area contributed by atoms with Crippen LogP contribution in [0.4, 0.5) is 9.52 Å². The van der Waals surface area contributed by atoms with Gasteiger partial charge in [0.05, 0.1) is 39.6 Å². The predicted octanol–water partition coefficient (Wildman–Crippen LogP) is 5.73. The summed E-state index contributed by atoms with van der Waals surface area (Å²) < 4.78 is 19.9. The van der Waals surface area contributed by atoms with Gasteiger partial charge in [-0.05, 0) is 55.5 Å². The van der Waals surface area contributed by atoms with E-state index in [1.54, 1.807) is 12.3 Å². The lowest BCUT2D eigenvalue weighted by Gasteiger charge is -2.20. The number of rotatable bonds is 6. The Hall–Kier alpha value is -3.03. The molecule has 1 amide bonds. The summed E-state index contributed by atoms with van der Waals surface area (Å²) in [6.07, 6.45) is 1.66. The van der Waals surface area contributed by atoms with E-state index in [0.29, 0.717) is 17.4 Å². The summed E-state index contributed by atoms with van der Waals surface area (Å²) in [5.41, 5.74) is 1.64. The van der Waals surface area contributed by atoms with Gasteiger partial charge >= 0.3 is 0 Å². The first-order chi connectivity index (χ1) is 14.5. The van der Waals surface area contributed by atoms with Crippen molar-refractivity contribution in [1.82, 2.24) is 9.97 Å². The molecular weight excluding hydrogens is 425 g/mol. The van der Waals surface area contributed by atoms with E-state index in [2.05, 4.69) is 9.97 Å². The van der Waals surface area contributed by atoms with Gasteiger partial charge in [0.15, 0.2) is 5.13 Å². The van der Waals surface area contributed by atoms with Gasteiger partial charge in [-0.2, -0.15) is 0 Å². The molecule has 0 aliphatic heterocycles. The Bertz CT molecular complexity index is 1200. The molecular formula is C22H17ClFN3O2S. The first-order valence-electron chi connectivity index (χ1n) is 9.25. The van der Waals surface area contributed by atoms with Crippen molar-refractivity contribution in [2.75, 3.05) is 11.5 Å². The molecule has 0 saturated carbocycles. The fourth-order valence-corrected chi connectivity index (χ4v) is 4.19. The molecule has 4 rings (SSSR count). The Morgan fingerprint density at radius 1 is 1.20 bits per heavy atom. The van der Waals surface area contributed by atoms with Gasteiger partial charge in [0, 0.05) is 6.20 Å². The Balaban J connectivity index is 1.76. The Labute approximate surface area is 181 Å². The number of aromatic nitrogens is 2. The lowest BCUT2D eigenvalue weighted by Crippen LogP contribution is -2.31. The van der Waals surface area contributed by atoms with Crippen LogP contribution in [0.5, 0.6) is 5.75 Å². The van der Waals surface area contributed by atoms with Crippen molar-refractivity contribution in [2.24, 2.45) is 0 Å². The third kappa shape index (κ3) is 4.27. The number of ether oxygens (including phenoxy) is 1. The van der Waals surface area contributed by atoms with Crippen molar-refractivity contribution in [3.8, 4) is 5.75 Å². The van der Waals surface area contributed by atoms with E-state index in [0.717, 1.165) is 22.0 Å². The minimum Gasteiger partial charge on any atom is -0.494 e. The number of anilines is 1. The van der Waals surface area contributed by atoms with E-state index in [1.165, 1.54) is 28.4 Å². The molecule has 2 heterocycles. The molecule has 0 fully saturated rings. The number of hydrogen-bond acceptors (Lipinski definition) is 5. The maximum Gasteiger partial charge on any atom is 0.261 e. The highest BCUT2D eigenvalue weighted by Gasteiger charge is 2.24. The van der Waals surface area contributed by atoms with E-state index < -0.39 is 5.82 Å². The summed E-state index contributed by atoms with van der Waals surface area (Å²) in [6, 6.07) is 14.8. The molecule has 0 aliphatic carbocycles. The second kappa shape index (κ2) is 8.77. The molecule has 0 aliphatic rings. The van der Waals surface area contributed by atoms with E-state index in [4.69, 9.17) is 16.3 Å². The minimum atomic E-state index is -0.503. The van der Waals surface area contributed by atoms with Crippen LogP contribution in [0.15, 0.2) is 60.8 Å². The topological polar surface area (TPSA) is 55.3 Å². The third-order valence-corrected chi connectivity index (χ3v) is 5.70. The van der Waals surface area contributed by atoms with Crippen molar-refractivity contribution >= 4 is 44.2 Å². The van der Waals surface area contributed by atoms with Gasteiger partial charge in [-0.3, -0.25) is 14.7 Å². The van der Waals surface area contributed by atoms with Gasteiger partial charge in [0.2, 0.25) is 0 Å². The van der Waals surface area contributed by atoms with E-state index in [-0.39, 0.29) is 23.0 Å². The van der Waals surface area contributed by atoms with Crippen molar-refractivity contribution in [2.45, 2.75) is 13.5 Å². The normalized spacial score (nSPS) is 10.9. The third-order valence-electron chi connectivity index (χ3n) is 4.34. The largest absolute Gasteiger partial charge is 0.494 e. The molecule has 0 unspecified atom stereocenters. The zero-order valence-electron chi connectivity index (χ0n) is 16.0. The summed E-state index contributed by atoms with van der Waals surface area (Å²) in [5.74, 6) is -0.143. The minimum absolute atomic E-state index is 0.0470. The fraction of sp³-hybridized carbons (Fsp3) is 0.136. The number of benzene rings is 2. The predicted molar refractivity (Wildman–Crippen MR) is 117 cm³/mol. The second-order valence-corrected chi connectivity index (χ2v) is 7.81. The highest BCUT2D eigenvalue weighted by atomic mass is 35.5. The zero-order chi connectivity index (χ0) is 21.1. The first kappa shape index (κ1) is 20.3. The van der Waals surface area contributed by atoms with Crippen molar-refractivity contribution in [1.29, 1.82) is 0 Å².